The van der Waals surface area contributed by atoms with Gasteiger partial charge >= 0.3 is 12.1 Å². The number of cyclic esters (lactones) is 1. The van der Waals surface area contributed by atoms with Crippen LogP contribution in [0.3, 0.4) is 0 Å². The molecule has 0 saturated carbocycles. The number of methoxy groups -OCH3 is 2. The molecule has 11 nitrogen and oxygen atoms in total. The Hall–Kier alpha value is -2.96. The fourth-order valence-electron chi connectivity index (χ4n) is 4.74. The average Bonchev–Trinajstić information content (AvgIpc) is 3.22. The first-order valence-electron chi connectivity index (χ1n) is 14.5. The van der Waals surface area contributed by atoms with E-state index in [1.807, 2.05) is 13.0 Å². The average molecular weight is 606 g/mol. The first-order valence-corrected chi connectivity index (χ1v) is 14.5. The zero-order valence-electron chi connectivity index (χ0n) is 26.7. The minimum Gasteiger partial charge on any atom is -0.467 e. The maximum atomic E-state index is 13.7. The summed E-state index contributed by atoms with van der Waals surface area (Å²) in [7, 11) is 3.01. The summed E-state index contributed by atoms with van der Waals surface area (Å²) in [6.45, 7) is 12.9. The second-order valence-electron chi connectivity index (χ2n) is 12.2. The van der Waals surface area contributed by atoms with Crippen LogP contribution in [0.1, 0.15) is 70.8 Å². The lowest BCUT2D eigenvalue weighted by Gasteiger charge is -2.28. The van der Waals surface area contributed by atoms with Crippen molar-refractivity contribution in [1.29, 1.82) is 0 Å². The molecule has 43 heavy (non-hydrogen) atoms. The second kappa shape index (κ2) is 14.7. The fourth-order valence-corrected chi connectivity index (χ4v) is 4.74. The van der Waals surface area contributed by atoms with Crippen LogP contribution in [-0.4, -0.2) is 87.1 Å². The van der Waals surface area contributed by atoms with Crippen molar-refractivity contribution < 1.29 is 47.9 Å². The zero-order chi connectivity index (χ0) is 31.9. The molecule has 0 unspecified atom stereocenters. The predicted molar refractivity (Wildman–Crippen MR) is 161 cm³/mol. The van der Waals surface area contributed by atoms with E-state index in [0.717, 1.165) is 0 Å². The number of carbonyl (C=O) groups is 2. The number of carbonyl (C=O) groups excluding carboxylic acids is 2. The second-order valence-corrected chi connectivity index (χ2v) is 12.2. The van der Waals surface area contributed by atoms with Gasteiger partial charge in [0.15, 0.2) is 12.6 Å². The van der Waals surface area contributed by atoms with Crippen molar-refractivity contribution in [2.45, 2.75) is 90.7 Å². The Morgan fingerprint density at radius 3 is 2.49 bits per heavy atom. The molecule has 1 N–H and O–H groups in total. The molecule has 1 fully saturated rings. The Morgan fingerprint density at radius 1 is 1.12 bits per heavy atom. The summed E-state index contributed by atoms with van der Waals surface area (Å²) in [6, 6.07) is 3.29. The summed E-state index contributed by atoms with van der Waals surface area (Å²) in [5.74, 6) is -1.55. The molecule has 0 bridgehead atoms. The van der Waals surface area contributed by atoms with E-state index < -0.39 is 47.9 Å². The topological polar surface area (TPSA) is 122 Å². The highest BCUT2D eigenvalue weighted by molar-refractivity contribution is 5.99. The fraction of sp³-hybridized carbons (Fsp3) is 0.625. The van der Waals surface area contributed by atoms with E-state index in [9.17, 15) is 14.7 Å². The number of aliphatic hydroxyl groups excluding tert-OH is 1. The van der Waals surface area contributed by atoms with Crippen molar-refractivity contribution in [2.24, 2.45) is 5.92 Å². The molecule has 1 aromatic carbocycles. The van der Waals surface area contributed by atoms with Gasteiger partial charge in [-0.1, -0.05) is 31.2 Å². The number of amides is 1. The van der Waals surface area contributed by atoms with Gasteiger partial charge < -0.3 is 38.3 Å². The summed E-state index contributed by atoms with van der Waals surface area (Å²) < 4.78 is 40.0. The number of nitrogens with zero attached hydrogens (tertiary/aromatic N) is 1. The van der Waals surface area contributed by atoms with Crippen LogP contribution in [0.25, 0.3) is 6.08 Å². The number of fused-ring (bicyclic) bond motifs is 2. The summed E-state index contributed by atoms with van der Waals surface area (Å²) >= 11 is 0. The molecule has 1 amide bonds. The molecule has 3 rings (SSSR count). The van der Waals surface area contributed by atoms with Crippen molar-refractivity contribution >= 4 is 23.8 Å². The Bertz CT molecular complexity index is 1170. The van der Waals surface area contributed by atoms with Crippen molar-refractivity contribution in [3.8, 4) is 5.75 Å². The molecule has 5 atom stereocenters. The van der Waals surface area contributed by atoms with Crippen LogP contribution in [0, 0.1) is 5.92 Å². The number of rotatable bonds is 7. The summed E-state index contributed by atoms with van der Waals surface area (Å²) in [4.78, 5) is 28.4. The number of esters is 1. The van der Waals surface area contributed by atoms with Gasteiger partial charge in [0.1, 0.15) is 35.2 Å². The lowest BCUT2D eigenvalue weighted by molar-refractivity contribution is -0.152. The normalized spacial score (nSPS) is 26.5. The molecule has 0 radical (unpaired) electrons. The SMILES string of the molecule is COCCN(C(=O)OC(C)(C)C)c1cc2c(c(OCOC)c1)C(=O)O[C@@H](C)[C@H](C)/C=C\[C@@H](O)[C@H]1OC(C)(C)O[C@H]1CC=C2. The Morgan fingerprint density at radius 2 is 1.84 bits per heavy atom. The number of anilines is 1. The minimum absolute atomic E-state index is 0.145. The highest BCUT2D eigenvalue weighted by atomic mass is 16.8. The molecule has 0 aliphatic carbocycles. The first-order chi connectivity index (χ1) is 20.2. The third kappa shape index (κ3) is 9.51. The van der Waals surface area contributed by atoms with Gasteiger partial charge in [-0.2, -0.15) is 0 Å². The smallest absolute Gasteiger partial charge is 0.414 e. The molecule has 11 heteroatoms. The molecule has 1 saturated heterocycles. The van der Waals surface area contributed by atoms with E-state index >= 15 is 0 Å². The van der Waals surface area contributed by atoms with Gasteiger partial charge in [0.25, 0.3) is 0 Å². The molecule has 0 spiro atoms. The maximum Gasteiger partial charge on any atom is 0.414 e. The van der Waals surface area contributed by atoms with Crippen molar-refractivity contribution in [1.82, 2.24) is 0 Å². The lowest BCUT2D eigenvalue weighted by atomic mass is 9.98. The number of ether oxygens (including phenoxy) is 7. The number of hydrogen-bond acceptors (Lipinski definition) is 10. The molecule has 2 aliphatic rings. The van der Waals surface area contributed by atoms with E-state index in [-0.39, 0.29) is 37.2 Å². The molecular formula is C32H47NO10. The van der Waals surface area contributed by atoms with E-state index in [1.165, 1.54) is 12.0 Å². The van der Waals surface area contributed by atoms with E-state index in [1.54, 1.807) is 79.0 Å². The van der Waals surface area contributed by atoms with Gasteiger partial charge in [0.2, 0.25) is 0 Å². The van der Waals surface area contributed by atoms with Crippen LogP contribution in [0.15, 0.2) is 30.4 Å². The highest BCUT2D eigenvalue weighted by Gasteiger charge is 2.43. The van der Waals surface area contributed by atoms with Crippen molar-refractivity contribution in [3.63, 3.8) is 0 Å². The Balaban J connectivity index is 2.17. The summed E-state index contributed by atoms with van der Waals surface area (Å²) in [6.07, 6.45) is 4.30. The number of aliphatic hydroxyl groups is 1. The van der Waals surface area contributed by atoms with Crippen LogP contribution in [-0.2, 0) is 28.4 Å². The molecule has 2 heterocycles. The quantitative estimate of drug-likeness (QED) is 0.255. The minimum atomic E-state index is -0.926. The third-order valence-corrected chi connectivity index (χ3v) is 6.97. The van der Waals surface area contributed by atoms with Crippen molar-refractivity contribution in [2.75, 3.05) is 39.1 Å². The molecule has 0 aromatic heterocycles. The van der Waals surface area contributed by atoms with Crippen LogP contribution >= 0.6 is 0 Å². The zero-order valence-corrected chi connectivity index (χ0v) is 26.7. The van der Waals surface area contributed by atoms with Crippen LogP contribution in [0.5, 0.6) is 5.75 Å². The molecule has 240 valence electrons. The van der Waals surface area contributed by atoms with Crippen LogP contribution in [0.2, 0.25) is 0 Å². The third-order valence-electron chi connectivity index (χ3n) is 6.97. The standard InChI is InChI=1S/C32H47NO10/c1-20-13-14-24(34)28-25(41-32(6,7)42-28)12-10-11-22-17-23(33(15-16-37-8)30(36)43-31(3,4)5)18-26(39-19-38-9)27(22)29(35)40-21(20)2/h10-11,13-14,17-18,20-21,24-25,28,34H,12,15-16,19H2,1-9H3/b11-10?,14-13-/t20-,21+,24-,25+,28-/m1/s1. The molecular weight excluding hydrogens is 558 g/mol. The van der Waals surface area contributed by atoms with Gasteiger partial charge in [-0.15, -0.1) is 0 Å². The lowest BCUT2D eigenvalue weighted by Crippen LogP contribution is -2.39. The summed E-state index contributed by atoms with van der Waals surface area (Å²) in [5.41, 5.74) is 0.305. The van der Waals surface area contributed by atoms with E-state index in [0.29, 0.717) is 17.7 Å². The van der Waals surface area contributed by atoms with E-state index in [4.69, 9.17) is 33.2 Å². The highest BCUT2D eigenvalue weighted by Crippen LogP contribution is 2.35. The Labute approximate surface area is 254 Å². The van der Waals surface area contributed by atoms with E-state index in [2.05, 4.69) is 0 Å². The van der Waals surface area contributed by atoms with Crippen LogP contribution < -0.4 is 9.64 Å². The van der Waals surface area contributed by atoms with Gasteiger partial charge in [0.05, 0.1) is 24.9 Å². The monoisotopic (exact) mass is 605 g/mol. The van der Waals surface area contributed by atoms with Gasteiger partial charge in [-0.25, -0.2) is 9.59 Å². The summed E-state index contributed by atoms with van der Waals surface area (Å²) in [5, 5.41) is 10.9. The Kier molecular flexibility index (Phi) is 11.8. The van der Waals surface area contributed by atoms with Crippen molar-refractivity contribution in [3.05, 3.63) is 41.5 Å². The molecule has 1 aromatic rings. The number of hydrogen-bond donors (Lipinski definition) is 1. The van der Waals surface area contributed by atoms with Gasteiger partial charge in [-0.3, -0.25) is 4.90 Å². The predicted octanol–water partition coefficient (Wildman–Crippen LogP) is 5.09. The molecule has 2 aliphatic heterocycles. The maximum absolute atomic E-state index is 13.7. The largest absolute Gasteiger partial charge is 0.467 e. The first kappa shape index (κ1) is 34.5. The number of benzene rings is 1. The van der Waals surface area contributed by atoms with Gasteiger partial charge in [-0.05, 0) is 59.6 Å². The van der Waals surface area contributed by atoms with Crippen LogP contribution in [0.4, 0.5) is 10.5 Å². The van der Waals surface area contributed by atoms with Gasteiger partial charge in [0, 0.05) is 26.2 Å².